The van der Waals surface area contributed by atoms with Gasteiger partial charge in [-0.25, -0.2) is 4.79 Å². The lowest BCUT2D eigenvalue weighted by Crippen LogP contribution is -2.59. The Labute approximate surface area is 252 Å². The van der Waals surface area contributed by atoms with Crippen LogP contribution < -0.4 is 10.6 Å². The number of allylic oxidation sites excluding steroid dienone is 2. The Morgan fingerprint density at radius 2 is 1.98 bits per heavy atom. The maximum absolute atomic E-state index is 12.4. The summed E-state index contributed by atoms with van der Waals surface area (Å²) in [6.07, 6.45) is 14.6. The topological polar surface area (TPSA) is 158 Å². The highest BCUT2D eigenvalue weighted by atomic mass is 32.2. The molecule has 42 heavy (non-hydrogen) atoms. The van der Waals surface area contributed by atoms with Crippen LogP contribution in [0.2, 0.25) is 0 Å². The molecule has 0 radical (unpaired) electrons. The van der Waals surface area contributed by atoms with Gasteiger partial charge < -0.3 is 30.8 Å². The first kappa shape index (κ1) is 32.4. The molecule has 9 atom stereocenters. The number of rotatable bonds is 10. The number of carbonyl (C=O) groups excluding carboxylic acids is 2. The number of hydrogen-bond acceptors (Lipinski definition) is 8. The average molecular weight is 604 g/mol. The molecule has 0 saturated heterocycles. The smallest absolute Gasteiger partial charge is 0.326 e. The molecule has 10 nitrogen and oxygen atoms in total. The maximum Gasteiger partial charge on any atom is 0.326 e. The molecule has 0 aromatic rings. The van der Waals surface area contributed by atoms with Crippen molar-refractivity contribution in [3.05, 3.63) is 11.6 Å². The summed E-state index contributed by atoms with van der Waals surface area (Å²) < 4.78 is 0. The molecule has 11 heteroatoms. The molecule has 3 fully saturated rings. The number of amides is 2. The van der Waals surface area contributed by atoms with Gasteiger partial charge in [0, 0.05) is 5.41 Å². The fourth-order valence-corrected chi connectivity index (χ4v) is 8.80. The van der Waals surface area contributed by atoms with Crippen molar-refractivity contribution in [2.75, 3.05) is 18.6 Å². The first-order chi connectivity index (χ1) is 19.8. The maximum atomic E-state index is 12.4. The van der Waals surface area contributed by atoms with Crippen LogP contribution in [0.5, 0.6) is 0 Å². The van der Waals surface area contributed by atoms with Crippen molar-refractivity contribution in [1.29, 1.82) is 0 Å². The zero-order chi connectivity index (χ0) is 30.9. The van der Waals surface area contributed by atoms with Crippen LogP contribution in [0, 0.1) is 40.9 Å². The molecule has 6 unspecified atom stereocenters. The number of thioether (sulfide) groups is 1. The number of nitrogens with one attached hydrogen (secondary N) is 2. The summed E-state index contributed by atoms with van der Waals surface area (Å²) in [6, 6.07) is -1.95. The highest BCUT2D eigenvalue weighted by Crippen LogP contribution is 2.67. The first-order valence-corrected chi connectivity index (χ1v) is 16.3. The van der Waals surface area contributed by atoms with Gasteiger partial charge in [-0.15, -0.1) is 6.42 Å². The summed E-state index contributed by atoms with van der Waals surface area (Å²) in [5.41, 5.74) is 0.112. The minimum Gasteiger partial charge on any atom is -0.480 e. The Kier molecular flexibility index (Phi) is 9.70. The van der Waals surface area contributed by atoms with Crippen molar-refractivity contribution in [3.63, 3.8) is 0 Å². The molecule has 3 saturated carbocycles. The number of carbonyl (C=O) groups is 3. The number of aliphatic hydroxyl groups is 2. The lowest BCUT2D eigenvalue weighted by atomic mass is 9.45. The molecule has 0 heterocycles. The average Bonchev–Trinajstić information content (AvgIpc) is 3.20. The Hall–Kier alpha value is -2.55. The van der Waals surface area contributed by atoms with E-state index < -0.39 is 47.0 Å². The lowest BCUT2D eigenvalue weighted by molar-refractivity contribution is -0.153. The van der Waals surface area contributed by atoms with Crippen LogP contribution in [0.3, 0.4) is 0 Å². The molecule has 4 aliphatic carbocycles. The SMILES string of the molecule is C#C[C@]1(O)CCC2C3CCC4=CC(=NOCC(=O)NC(C)C(=O)NC(CCSC)C(=O)O)CC[C@]4(C)C3C(O)C[C@@]21C. The van der Waals surface area contributed by atoms with Crippen LogP contribution in [0.15, 0.2) is 16.8 Å². The summed E-state index contributed by atoms with van der Waals surface area (Å²) >= 11 is 1.49. The molecule has 232 valence electrons. The number of hydrogen-bond donors (Lipinski definition) is 5. The van der Waals surface area contributed by atoms with E-state index in [4.69, 9.17) is 11.3 Å². The van der Waals surface area contributed by atoms with Gasteiger partial charge in [-0.05, 0) is 99.5 Å². The first-order valence-electron chi connectivity index (χ1n) is 14.9. The molecule has 0 aromatic heterocycles. The van der Waals surface area contributed by atoms with E-state index in [2.05, 4.69) is 35.6 Å². The Morgan fingerprint density at radius 3 is 2.64 bits per heavy atom. The van der Waals surface area contributed by atoms with Crippen LogP contribution in [0.1, 0.15) is 72.1 Å². The molecule has 5 N–H and O–H groups in total. The molecule has 4 rings (SSSR count). The summed E-state index contributed by atoms with van der Waals surface area (Å²) in [7, 11) is 0. The predicted octanol–water partition coefficient (Wildman–Crippen LogP) is 2.48. The molecule has 0 bridgehead atoms. The van der Waals surface area contributed by atoms with Gasteiger partial charge in [-0.3, -0.25) is 9.59 Å². The van der Waals surface area contributed by atoms with Crippen LogP contribution in [-0.4, -0.2) is 81.2 Å². The van der Waals surface area contributed by atoms with E-state index in [-0.39, 0.29) is 36.2 Å². The molecular weight excluding hydrogens is 558 g/mol. The van der Waals surface area contributed by atoms with Gasteiger partial charge in [-0.1, -0.05) is 30.5 Å². The van der Waals surface area contributed by atoms with Crippen LogP contribution in [-0.2, 0) is 19.2 Å². The monoisotopic (exact) mass is 603 g/mol. The highest BCUT2D eigenvalue weighted by Gasteiger charge is 2.66. The van der Waals surface area contributed by atoms with Crippen molar-refractivity contribution >= 4 is 35.3 Å². The third kappa shape index (κ3) is 5.95. The number of aliphatic hydroxyl groups excluding tert-OH is 1. The summed E-state index contributed by atoms with van der Waals surface area (Å²) in [5, 5.41) is 41.2. The summed E-state index contributed by atoms with van der Waals surface area (Å²) in [4.78, 5) is 41.5. The second-order valence-electron chi connectivity index (χ2n) is 13.0. The molecule has 4 aliphatic rings. The molecule has 0 aromatic carbocycles. The number of oxime groups is 1. The van der Waals surface area contributed by atoms with E-state index in [9.17, 15) is 29.7 Å². The van der Waals surface area contributed by atoms with Gasteiger partial charge in [-0.2, -0.15) is 11.8 Å². The second kappa shape index (κ2) is 12.6. The minimum absolute atomic E-state index is 0.0815. The fraction of sp³-hybridized carbons (Fsp3) is 0.742. The molecule has 0 aliphatic heterocycles. The zero-order valence-corrected chi connectivity index (χ0v) is 25.8. The number of carboxylic acid groups (broad SMARTS) is 1. The quantitative estimate of drug-likeness (QED) is 0.188. The van der Waals surface area contributed by atoms with Gasteiger partial charge in [0.25, 0.3) is 5.91 Å². The van der Waals surface area contributed by atoms with Crippen LogP contribution >= 0.6 is 11.8 Å². The Bertz CT molecular complexity index is 1180. The third-order valence-corrected chi connectivity index (χ3v) is 11.3. The second-order valence-corrected chi connectivity index (χ2v) is 14.0. The van der Waals surface area contributed by atoms with Gasteiger partial charge in [0.15, 0.2) is 6.61 Å². The van der Waals surface area contributed by atoms with E-state index in [1.54, 1.807) is 0 Å². The minimum atomic E-state index is -1.17. The molecular formula is C31H45N3O7S. The predicted molar refractivity (Wildman–Crippen MR) is 160 cm³/mol. The van der Waals surface area contributed by atoms with Gasteiger partial charge >= 0.3 is 5.97 Å². The van der Waals surface area contributed by atoms with Gasteiger partial charge in [0.05, 0.1) is 11.8 Å². The van der Waals surface area contributed by atoms with E-state index in [0.29, 0.717) is 25.0 Å². The number of nitrogens with zero attached hydrogens (tertiary/aromatic N) is 1. The van der Waals surface area contributed by atoms with E-state index in [1.807, 2.05) is 12.3 Å². The van der Waals surface area contributed by atoms with Crippen molar-refractivity contribution in [3.8, 4) is 12.3 Å². The standard InChI is InChI=1S/C31H45N3O7S/c1-6-31(40)13-10-22-21-8-7-19-15-20(9-12-29(19,3)26(21)24(35)16-30(22,31)4)34-41-17-25(36)32-18(2)27(37)33-23(28(38)39)11-14-42-5/h1,15,18,21-24,26,35,40H,7-14,16-17H2,2-5H3,(H,32,36)(H,33,37)(H,38,39)/t18?,21?,22?,23?,24?,26?,29-,30-,31-/m0/s1. The lowest BCUT2D eigenvalue weighted by Gasteiger charge is -2.60. The summed E-state index contributed by atoms with van der Waals surface area (Å²) in [6.45, 7) is 5.40. The van der Waals surface area contributed by atoms with Crippen LogP contribution in [0.25, 0.3) is 0 Å². The largest absolute Gasteiger partial charge is 0.480 e. The van der Waals surface area contributed by atoms with E-state index in [0.717, 1.165) is 31.4 Å². The van der Waals surface area contributed by atoms with E-state index >= 15 is 0 Å². The third-order valence-electron chi connectivity index (χ3n) is 10.7. The van der Waals surface area contributed by atoms with Gasteiger partial charge in [0.1, 0.15) is 17.7 Å². The van der Waals surface area contributed by atoms with Crippen molar-refractivity contribution in [2.24, 2.45) is 33.7 Å². The normalized spacial score (nSPS) is 37.6. The van der Waals surface area contributed by atoms with Crippen LogP contribution in [0.4, 0.5) is 0 Å². The van der Waals surface area contributed by atoms with E-state index in [1.165, 1.54) is 24.3 Å². The Morgan fingerprint density at radius 1 is 1.24 bits per heavy atom. The number of fused-ring (bicyclic) bond motifs is 5. The van der Waals surface area contributed by atoms with Crippen molar-refractivity contribution < 1.29 is 34.5 Å². The highest BCUT2D eigenvalue weighted by molar-refractivity contribution is 7.98. The Balaban J connectivity index is 1.34. The van der Waals surface area contributed by atoms with Crippen molar-refractivity contribution in [2.45, 2.75) is 95.9 Å². The molecule has 0 spiro atoms. The van der Waals surface area contributed by atoms with Crippen molar-refractivity contribution in [1.82, 2.24) is 10.6 Å². The summed E-state index contributed by atoms with van der Waals surface area (Å²) in [5.74, 6) is 1.65. The number of terminal acetylenes is 1. The number of aliphatic carboxylic acids is 1. The van der Waals surface area contributed by atoms with Gasteiger partial charge in [0.2, 0.25) is 5.91 Å². The number of carboxylic acids is 1. The molecule has 2 amide bonds. The fourth-order valence-electron chi connectivity index (χ4n) is 8.33. The zero-order valence-electron chi connectivity index (χ0n) is 25.0.